The lowest BCUT2D eigenvalue weighted by Crippen LogP contribution is -2.31. The number of nitrogens with zero attached hydrogens (tertiary/aromatic N) is 2. The van der Waals surface area contributed by atoms with Crippen molar-refractivity contribution in [1.29, 1.82) is 0 Å². The minimum atomic E-state index is -0.0454. The van der Waals surface area contributed by atoms with E-state index in [1.54, 1.807) is 17.6 Å². The van der Waals surface area contributed by atoms with Crippen molar-refractivity contribution in [2.75, 3.05) is 11.9 Å². The SMILES string of the molecule is CCNC(=S)NN=Cc1cc(C)n(-c2sc3c(c2C(=O)Nc2ccccc2)CCCC3)c1C. The van der Waals surface area contributed by atoms with Crippen LogP contribution in [0.1, 0.15) is 57.5 Å². The number of carbonyl (C=O) groups excluding carboxylic acids is 1. The number of hydrazone groups is 1. The van der Waals surface area contributed by atoms with Crippen LogP contribution in [0.15, 0.2) is 41.5 Å². The van der Waals surface area contributed by atoms with Gasteiger partial charge < -0.3 is 15.2 Å². The largest absolute Gasteiger partial charge is 0.362 e. The van der Waals surface area contributed by atoms with Crippen molar-refractivity contribution in [3.8, 4) is 5.00 Å². The maximum atomic E-state index is 13.5. The summed E-state index contributed by atoms with van der Waals surface area (Å²) in [6.07, 6.45) is 6.05. The molecule has 172 valence electrons. The Labute approximate surface area is 204 Å². The Kier molecular flexibility index (Phi) is 7.25. The molecule has 0 saturated heterocycles. The Bertz CT molecular complexity index is 1190. The number of amides is 1. The first-order valence-electron chi connectivity index (χ1n) is 11.3. The van der Waals surface area contributed by atoms with E-state index in [-0.39, 0.29) is 5.91 Å². The van der Waals surface area contributed by atoms with Crippen molar-refractivity contribution in [3.05, 3.63) is 69.4 Å². The predicted octanol–water partition coefficient (Wildman–Crippen LogP) is 5.10. The standard InChI is InChI=1S/C25H29N5OS2/c1-4-26-25(32)29-27-15-18-14-16(2)30(17(18)3)24-22(20-12-8-9-13-21(20)33-24)23(31)28-19-10-6-5-7-11-19/h5-7,10-11,14-15H,4,8-9,12-13H2,1-3H3,(H,28,31)(H2,26,29,32). The van der Waals surface area contributed by atoms with Crippen LogP contribution in [-0.4, -0.2) is 28.3 Å². The third kappa shape index (κ3) is 5.02. The van der Waals surface area contributed by atoms with E-state index in [4.69, 9.17) is 12.2 Å². The minimum Gasteiger partial charge on any atom is -0.362 e. The first-order chi connectivity index (χ1) is 16.0. The van der Waals surface area contributed by atoms with Gasteiger partial charge >= 0.3 is 0 Å². The summed E-state index contributed by atoms with van der Waals surface area (Å²) >= 11 is 6.92. The van der Waals surface area contributed by atoms with Crippen molar-refractivity contribution >= 4 is 46.5 Å². The van der Waals surface area contributed by atoms with E-state index in [1.165, 1.54) is 16.9 Å². The molecular formula is C25H29N5OS2. The number of thiocarbonyl (C=S) groups is 1. The van der Waals surface area contributed by atoms with Crippen LogP contribution in [-0.2, 0) is 12.8 Å². The molecule has 0 fully saturated rings. The molecule has 6 nitrogen and oxygen atoms in total. The number of aryl methyl sites for hydroxylation is 2. The van der Waals surface area contributed by atoms with Gasteiger partial charge in [0.25, 0.3) is 5.91 Å². The van der Waals surface area contributed by atoms with E-state index < -0.39 is 0 Å². The average Bonchev–Trinajstić information content (AvgIpc) is 3.31. The molecule has 3 N–H and O–H groups in total. The van der Waals surface area contributed by atoms with Crippen LogP contribution in [0.25, 0.3) is 5.00 Å². The van der Waals surface area contributed by atoms with Crippen molar-refractivity contribution in [2.24, 2.45) is 5.10 Å². The molecule has 1 amide bonds. The van der Waals surface area contributed by atoms with E-state index in [1.807, 2.05) is 37.3 Å². The Morgan fingerprint density at radius 1 is 1.21 bits per heavy atom. The molecule has 0 atom stereocenters. The molecule has 0 aliphatic heterocycles. The number of rotatable bonds is 6. The van der Waals surface area contributed by atoms with Gasteiger partial charge in [0.15, 0.2) is 5.11 Å². The van der Waals surface area contributed by atoms with Gasteiger partial charge in [-0.1, -0.05) is 18.2 Å². The highest BCUT2D eigenvalue weighted by Crippen LogP contribution is 2.39. The molecule has 0 radical (unpaired) electrons. The summed E-state index contributed by atoms with van der Waals surface area (Å²) in [4.78, 5) is 14.8. The van der Waals surface area contributed by atoms with Gasteiger partial charge in [-0.15, -0.1) is 11.3 Å². The molecule has 4 rings (SSSR count). The van der Waals surface area contributed by atoms with Gasteiger partial charge in [-0.2, -0.15) is 5.10 Å². The van der Waals surface area contributed by atoms with Crippen LogP contribution in [0.4, 0.5) is 5.69 Å². The molecule has 0 saturated carbocycles. The summed E-state index contributed by atoms with van der Waals surface area (Å²) < 4.78 is 2.19. The molecule has 3 aromatic rings. The summed E-state index contributed by atoms with van der Waals surface area (Å²) in [6, 6.07) is 11.7. The second kappa shape index (κ2) is 10.3. The molecule has 0 unspecified atom stereocenters. The van der Waals surface area contributed by atoms with E-state index in [9.17, 15) is 4.79 Å². The first-order valence-corrected chi connectivity index (χ1v) is 12.5. The fraction of sp³-hybridized carbons (Fsp3) is 0.320. The van der Waals surface area contributed by atoms with E-state index >= 15 is 0 Å². The Balaban J connectivity index is 1.71. The molecule has 1 aliphatic carbocycles. The van der Waals surface area contributed by atoms with Gasteiger partial charge in [0.1, 0.15) is 5.00 Å². The second-order valence-electron chi connectivity index (χ2n) is 8.10. The average molecular weight is 480 g/mol. The zero-order valence-electron chi connectivity index (χ0n) is 19.2. The van der Waals surface area contributed by atoms with E-state index in [2.05, 4.69) is 45.6 Å². The van der Waals surface area contributed by atoms with Crippen molar-refractivity contribution < 1.29 is 4.79 Å². The number of fused-ring (bicyclic) bond motifs is 1. The zero-order valence-corrected chi connectivity index (χ0v) is 20.8. The molecule has 33 heavy (non-hydrogen) atoms. The minimum absolute atomic E-state index is 0.0454. The van der Waals surface area contributed by atoms with E-state index in [0.29, 0.717) is 5.11 Å². The number of thiophene rings is 1. The maximum absolute atomic E-state index is 13.5. The lowest BCUT2D eigenvalue weighted by atomic mass is 9.95. The van der Waals surface area contributed by atoms with Gasteiger partial charge in [0.05, 0.1) is 11.8 Å². The van der Waals surface area contributed by atoms with Crippen molar-refractivity contribution in [2.45, 2.75) is 46.5 Å². The fourth-order valence-corrected chi connectivity index (χ4v) is 5.94. The number of benzene rings is 1. The highest BCUT2D eigenvalue weighted by molar-refractivity contribution is 7.80. The summed E-state index contributed by atoms with van der Waals surface area (Å²) in [6.45, 7) is 6.86. The monoisotopic (exact) mass is 479 g/mol. The number of anilines is 1. The van der Waals surface area contributed by atoms with Crippen LogP contribution in [0, 0.1) is 13.8 Å². The smallest absolute Gasteiger partial charge is 0.258 e. The Hall–Kier alpha value is -2.97. The predicted molar refractivity (Wildman–Crippen MR) is 141 cm³/mol. The van der Waals surface area contributed by atoms with Crippen molar-refractivity contribution in [1.82, 2.24) is 15.3 Å². The number of para-hydroxylation sites is 1. The third-order valence-corrected chi connectivity index (χ3v) is 7.30. The van der Waals surface area contributed by atoms with Gasteiger partial charge in [-0.3, -0.25) is 10.2 Å². The molecule has 0 spiro atoms. The number of aromatic nitrogens is 1. The van der Waals surface area contributed by atoms with Crippen LogP contribution >= 0.6 is 23.6 Å². The number of carbonyl (C=O) groups is 1. The first kappa shape index (κ1) is 23.2. The lowest BCUT2D eigenvalue weighted by molar-refractivity contribution is 0.102. The van der Waals surface area contributed by atoms with Gasteiger partial charge in [0, 0.05) is 34.1 Å². The molecule has 0 bridgehead atoms. The summed E-state index contributed by atoms with van der Waals surface area (Å²) in [5.74, 6) is -0.0454. The summed E-state index contributed by atoms with van der Waals surface area (Å²) in [5.41, 5.74) is 8.75. The molecule has 1 aromatic carbocycles. The van der Waals surface area contributed by atoms with E-state index in [0.717, 1.165) is 59.0 Å². The Morgan fingerprint density at radius 2 is 1.97 bits per heavy atom. The highest BCUT2D eigenvalue weighted by Gasteiger charge is 2.28. The number of hydrogen-bond acceptors (Lipinski definition) is 4. The highest BCUT2D eigenvalue weighted by atomic mass is 32.1. The molecule has 2 heterocycles. The Morgan fingerprint density at radius 3 is 2.73 bits per heavy atom. The number of nitrogens with one attached hydrogen (secondary N) is 3. The van der Waals surface area contributed by atoms with Gasteiger partial charge in [0.2, 0.25) is 0 Å². The summed E-state index contributed by atoms with van der Waals surface area (Å²) in [5, 5.41) is 11.9. The molecule has 8 heteroatoms. The zero-order chi connectivity index (χ0) is 23.4. The topological polar surface area (TPSA) is 70.5 Å². The molecule has 2 aromatic heterocycles. The lowest BCUT2D eigenvalue weighted by Gasteiger charge is -2.14. The van der Waals surface area contributed by atoms with Gasteiger partial charge in [-0.25, -0.2) is 0 Å². The molecule has 1 aliphatic rings. The maximum Gasteiger partial charge on any atom is 0.258 e. The summed E-state index contributed by atoms with van der Waals surface area (Å²) in [7, 11) is 0. The van der Waals surface area contributed by atoms with Crippen LogP contribution < -0.4 is 16.1 Å². The normalized spacial score (nSPS) is 13.1. The second-order valence-corrected chi connectivity index (χ2v) is 9.59. The van der Waals surface area contributed by atoms with Gasteiger partial charge in [-0.05, 0) is 82.4 Å². The molecular weight excluding hydrogens is 450 g/mol. The van der Waals surface area contributed by atoms with Crippen LogP contribution in [0.2, 0.25) is 0 Å². The van der Waals surface area contributed by atoms with Crippen LogP contribution in [0.3, 0.4) is 0 Å². The quantitative estimate of drug-likeness (QED) is 0.261. The number of hydrogen-bond donors (Lipinski definition) is 3. The fourth-order valence-electron chi connectivity index (χ4n) is 4.25. The third-order valence-electron chi connectivity index (χ3n) is 5.79. The van der Waals surface area contributed by atoms with Crippen LogP contribution in [0.5, 0.6) is 0 Å². The van der Waals surface area contributed by atoms with Crippen molar-refractivity contribution in [3.63, 3.8) is 0 Å².